The Morgan fingerprint density at radius 1 is 1.15 bits per heavy atom. The first kappa shape index (κ1) is 18.2. The number of H-pyrrole nitrogens is 1. The average molecular weight is 396 g/mol. The first-order valence-corrected chi connectivity index (χ1v) is 8.12. The summed E-state index contributed by atoms with van der Waals surface area (Å²) in [6, 6.07) is 9.80. The lowest BCUT2D eigenvalue weighted by Gasteiger charge is -2.08. The Bertz CT molecular complexity index is 1240. The van der Waals surface area contributed by atoms with Crippen molar-refractivity contribution in [3.05, 3.63) is 61.9 Å². The second-order valence-corrected chi connectivity index (χ2v) is 6.24. The van der Waals surface area contributed by atoms with Crippen molar-refractivity contribution in [2.24, 2.45) is 0 Å². The number of benzene rings is 2. The third-order valence-electron chi connectivity index (χ3n) is 3.93. The average Bonchev–Trinajstić information content (AvgIpc) is 3.05. The van der Waals surface area contributed by atoms with Crippen molar-refractivity contribution in [2.45, 2.75) is 6.42 Å². The molecule has 0 bridgehead atoms. The number of hydrogen-bond donors (Lipinski definition) is 2. The highest BCUT2D eigenvalue weighted by molar-refractivity contribution is 6.37. The van der Waals surface area contributed by atoms with Gasteiger partial charge in [0.05, 0.1) is 32.8 Å². The van der Waals surface area contributed by atoms with Crippen LogP contribution in [0.2, 0.25) is 10.0 Å². The molecular weight excluding hydrogens is 389 g/mol. The van der Waals surface area contributed by atoms with Crippen molar-refractivity contribution >= 4 is 40.2 Å². The van der Waals surface area contributed by atoms with Gasteiger partial charge in [-0.3, -0.25) is 0 Å². The summed E-state index contributed by atoms with van der Waals surface area (Å²) in [6.07, 6.45) is 0.0715. The lowest BCUT2D eigenvalue weighted by atomic mass is 10.0. The molecule has 7 nitrogen and oxygen atoms in total. The van der Waals surface area contributed by atoms with E-state index in [9.17, 15) is 25.7 Å². The zero-order chi connectivity index (χ0) is 19.7. The van der Waals surface area contributed by atoms with Gasteiger partial charge in [0.25, 0.3) is 0 Å². The Hall–Kier alpha value is -3.57. The fraction of sp³-hybridized carbons (Fsp3) is 0.0556. The Kier molecular flexibility index (Phi) is 4.71. The fourth-order valence-electron chi connectivity index (χ4n) is 2.69. The van der Waals surface area contributed by atoms with E-state index < -0.39 is 5.97 Å². The van der Waals surface area contributed by atoms with E-state index in [1.165, 1.54) is 18.2 Å². The standard InChI is InChI=1S/C18H7Cl2N5O2/c19-13-2-1-9(18(26)27)16(20)10(13)4-15-24-14-3-8(5-21)11(6-22)12(7-23)17(14)25-15/h1-3H,4H2,(H,24,25)(H,26,27). The summed E-state index contributed by atoms with van der Waals surface area (Å²) < 4.78 is 0. The maximum absolute atomic E-state index is 11.3. The van der Waals surface area contributed by atoms with Gasteiger partial charge < -0.3 is 10.1 Å². The van der Waals surface area contributed by atoms with Crippen LogP contribution in [0.4, 0.5) is 0 Å². The molecule has 130 valence electrons. The van der Waals surface area contributed by atoms with Crippen LogP contribution < -0.4 is 0 Å². The molecule has 0 amide bonds. The van der Waals surface area contributed by atoms with Crippen molar-refractivity contribution in [1.82, 2.24) is 9.97 Å². The quantitative estimate of drug-likeness (QED) is 0.691. The van der Waals surface area contributed by atoms with Crippen LogP contribution in [0.5, 0.6) is 0 Å². The highest BCUT2D eigenvalue weighted by atomic mass is 35.5. The minimum atomic E-state index is -1.19. The first-order chi connectivity index (χ1) is 12.9. The number of nitriles is 3. The number of fused-ring (bicyclic) bond motifs is 1. The molecule has 0 unspecified atom stereocenters. The number of hydrogen-bond acceptors (Lipinski definition) is 5. The topological polar surface area (TPSA) is 137 Å². The molecule has 2 aromatic carbocycles. The van der Waals surface area contributed by atoms with Crippen LogP contribution in [0.3, 0.4) is 0 Å². The summed E-state index contributed by atoms with van der Waals surface area (Å²) in [5.74, 6) is -0.835. The largest absolute Gasteiger partial charge is 0.478 e. The number of aromatic nitrogens is 2. The van der Waals surface area contributed by atoms with Crippen LogP contribution in [0, 0.1) is 34.0 Å². The molecule has 3 rings (SSSR count). The molecule has 1 heterocycles. The van der Waals surface area contributed by atoms with E-state index in [-0.39, 0.29) is 44.2 Å². The van der Waals surface area contributed by atoms with Gasteiger partial charge in [0, 0.05) is 11.4 Å². The Labute approximate surface area is 162 Å². The lowest BCUT2D eigenvalue weighted by Crippen LogP contribution is -2.02. The number of carboxylic acid groups (broad SMARTS) is 1. The zero-order valence-corrected chi connectivity index (χ0v) is 14.9. The number of carboxylic acids is 1. The SMILES string of the molecule is N#Cc1cc2[nH]c(Cc3c(Cl)ccc(C(=O)O)c3Cl)nc2c(C#N)c1C#N. The molecular formula is C18H7Cl2N5O2. The van der Waals surface area contributed by atoms with Gasteiger partial charge in [-0.15, -0.1) is 0 Å². The molecule has 0 aliphatic rings. The van der Waals surface area contributed by atoms with Crippen LogP contribution >= 0.6 is 23.2 Å². The molecule has 1 aromatic heterocycles. The number of nitrogens with one attached hydrogen (secondary N) is 1. The predicted octanol–water partition coefficient (Wildman–Crippen LogP) is 3.77. The monoisotopic (exact) mass is 395 g/mol. The van der Waals surface area contributed by atoms with E-state index >= 15 is 0 Å². The van der Waals surface area contributed by atoms with Gasteiger partial charge in [0.15, 0.2) is 0 Å². The minimum Gasteiger partial charge on any atom is -0.478 e. The highest BCUT2D eigenvalue weighted by Gasteiger charge is 2.20. The minimum absolute atomic E-state index is 0.00797. The number of aromatic amines is 1. The van der Waals surface area contributed by atoms with E-state index in [1.54, 1.807) is 0 Å². The van der Waals surface area contributed by atoms with E-state index in [2.05, 4.69) is 9.97 Å². The predicted molar refractivity (Wildman–Crippen MR) is 96.5 cm³/mol. The molecule has 0 radical (unpaired) electrons. The van der Waals surface area contributed by atoms with Gasteiger partial charge in [-0.2, -0.15) is 15.8 Å². The number of halogens is 2. The Morgan fingerprint density at radius 3 is 2.44 bits per heavy atom. The Morgan fingerprint density at radius 2 is 1.85 bits per heavy atom. The van der Waals surface area contributed by atoms with Crippen LogP contribution in [-0.4, -0.2) is 21.0 Å². The van der Waals surface area contributed by atoms with Crippen molar-refractivity contribution in [3.8, 4) is 18.2 Å². The van der Waals surface area contributed by atoms with E-state index in [4.69, 9.17) is 23.2 Å². The number of rotatable bonds is 3. The third kappa shape index (κ3) is 3.05. The Balaban J connectivity index is 2.18. The summed E-state index contributed by atoms with van der Waals surface area (Å²) in [5, 5.41) is 37.3. The molecule has 0 aliphatic carbocycles. The molecule has 0 spiro atoms. The summed E-state index contributed by atoms with van der Waals surface area (Å²) in [4.78, 5) is 18.5. The lowest BCUT2D eigenvalue weighted by molar-refractivity contribution is 0.0697. The summed E-state index contributed by atoms with van der Waals surface area (Å²) in [5.41, 5.74) is 0.907. The number of imidazole rings is 1. The maximum atomic E-state index is 11.3. The fourth-order valence-corrected chi connectivity index (χ4v) is 3.28. The second kappa shape index (κ2) is 6.97. The smallest absolute Gasteiger partial charge is 0.337 e. The maximum Gasteiger partial charge on any atom is 0.337 e. The second-order valence-electron chi connectivity index (χ2n) is 5.46. The molecule has 0 aliphatic heterocycles. The normalized spacial score (nSPS) is 10.2. The van der Waals surface area contributed by atoms with E-state index in [0.717, 1.165) is 0 Å². The molecule has 27 heavy (non-hydrogen) atoms. The van der Waals surface area contributed by atoms with Crippen LogP contribution in [0.25, 0.3) is 11.0 Å². The van der Waals surface area contributed by atoms with Gasteiger partial charge in [-0.05, 0) is 23.8 Å². The molecule has 0 saturated heterocycles. The van der Waals surface area contributed by atoms with E-state index in [1.807, 2.05) is 18.2 Å². The van der Waals surface area contributed by atoms with Gasteiger partial charge in [0.2, 0.25) is 0 Å². The highest BCUT2D eigenvalue weighted by Crippen LogP contribution is 2.31. The van der Waals surface area contributed by atoms with E-state index in [0.29, 0.717) is 16.9 Å². The molecule has 0 saturated carbocycles. The van der Waals surface area contributed by atoms with Crippen LogP contribution in [0.15, 0.2) is 18.2 Å². The van der Waals surface area contributed by atoms with Gasteiger partial charge >= 0.3 is 5.97 Å². The number of nitrogens with zero attached hydrogens (tertiary/aromatic N) is 4. The van der Waals surface area contributed by atoms with Crippen molar-refractivity contribution in [3.63, 3.8) is 0 Å². The van der Waals surface area contributed by atoms with Crippen LogP contribution in [0.1, 0.15) is 38.4 Å². The number of carbonyl (C=O) groups is 1. The molecule has 0 atom stereocenters. The van der Waals surface area contributed by atoms with Crippen LogP contribution in [-0.2, 0) is 6.42 Å². The van der Waals surface area contributed by atoms with Crippen molar-refractivity contribution in [1.29, 1.82) is 15.8 Å². The number of aromatic carboxylic acids is 1. The molecule has 0 fully saturated rings. The molecule has 9 heteroatoms. The summed E-state index contributed by atoms with van der Waals surface area (Å²) in [6.45, 7) is 0. The zero-order valence-electron chi connectivity index (χ0n) is 13.3. The van der Waals surface area contributed by atoms with Crippen molar-refractivity contribution in [2.75, 3.05) is 0 Å². The summed E-state index contributed by atoms with van der Waals surface area (Å²) >= 11 is 12.3. The van der Waals surface area contributed by atoms with Gasteiger partial charge in [-0.1, -0.05) is 23.2 Å². The van der Waals surface area contributed by atoms with Gasteiger partial charge in [0.1, 0.15) is 29.5 Å². The molecule has 2 N–H and O–H groups in total. The third-order valence-corrected chi connectivity index (χ3v) is 4.72. The van der Waals surface area contributed by atoms with Gasteiger partial charge in [-0.25, -0.2) is 9.78 Å². The van der Waals surface area contributed by atoms with Crippen molar-refractivity contribution < 1.29 is 9.90 Å². The summed E-state index contributed by atoms with van der Waals surface area (Å²) in [7, 11) is 0. The first-order valence-electron chi connectivity index (χ1n) is 7.37. The molecule has 3 aromatic rings.